The molecule has 1 amide bonds. The van der Waals surface area contributed by atoms with Crippen LogP contribution in [0.4, 0.5) is 0 Å². The predicted octanol–water partition coefficient (Wildman–Crippen LogP) is 4.94. The molecule has 33 heavy (non-hydrogen) atoms. The number of hydrogen-bond donors (Lipinski definition) is 1. The number of thioether (sulfide) groups is 1. The van der Waals surface area contributed by atoms with Crippen molar-refractivity contribution < 1.29 is 4.79 Å². The van der Waals surface area contributed by atoms with E-state index in [1.54, 1.807) is 33.5 Å². The number of amides is 1. The largest absolute Gasteiger partial charge is 0.272 e. The molecule has 0 saturated heterocycles. The standard InChI is InChI=1S/C24H22N4O2S3/c1-15-11-12-17(32-15)13-25-27-20(29)14-31-24-26-22-21(18-9-5-6-10-19(18)33-22)23(30)28(24)16-7-3-2-4-8-16/h2-4,7-8,11-13H,5-6,9-10,14H2,1H3,(H,27,29). The minimum absolute atomic E-state index is 0.0559. The molecule has 0 fully saturated rings. The van der Waals surface area contributed by atoms with Crippen LogP contribution in [-0.4, -0.2) is 27.4 Å². The van der Waals surface area contributed by atoms with Crippen molar-refractivity contribution >= 4 is 56.8 Å². The van der Waals surface area contributed by atoms with Gasteiger partial charge in [0, 0.05) is 14.6 Å². The number of para-hydroxylation sites is 1. The number of nitrogens with one attached hydrogen (secondary N) is 1. The van der Waals surface area contributed by atoms with Gasteiger partial charge in [-0.15, -0.1) is 22.7 Å². The molecule has 3 aromatic heterocycles. The zero-order valence-electron chi connectivity index (χ0n) is 18.0. The number of fused-ring (bicyclic) bond motifs is 3. The van der Waals surface area contributed by atoms with E-state index in [4.69, 9.17) is 4.98 Å². The molecule has 4 aromatic rings. The van der Waals surface area contributed by atoms with Crippen molar-refractivity contribution in [2.75, 3.05) is 5.75 Å². The van der Waals surface area contributed by atoms with Crippen LogP contribution in [0.25, 0.3) is 15.9 Å². The average molecular weight is 495 g/mol. The molecule has 0 atom stereocenters. The van der Waals surface area contributed by atoms with Gasteiger partial charge in [0.05, 0.1) is 23.0 Å². The quantitative estimate of drug-likeness (QED) is 0.178. The van der Waals surface area contributed by atoms with Gasteiger partial charge in [-0.2, -0.15) is 5.10 Å². The van der Waals surface area contributed by atoms with Crippen molar-refractivity contribution in [3.8, 4) is 5.69 Å². The molecule has 0 saturated carbocycles. The summed E-state index contributed by atoms with van der Waals surface area (Å²) >= 11 is 4.48. The predicted molar refractivity (Wildman–Crippen MR) is 137 cm³/mol. The molecule has 0 aliphatic heterocycles. The number of carbonyl (C=O) groups excluding carboxylic acids is 1. The number of carbonyl (C=O) groups is 1. The van der Waals surface area contributed by atoms with E-state index in [2.05, 4.69) is 10.5 Å². The van der Waals surface area contributed by atoms with Gasteiger partial charge in [-0.05, 0) is 62.4 Å². The molecular formula is C24H22N4O2S3. The van der Waals surface area contributed by atoms with Crippen LogP contribution in [0.15, 0.2) is 57.5 Å². The molecule has 1 N–H and O–H groups in total. The Morgan fingerprint density at radius 1 is 1.18 bits per heavy atom. The van der Waals surface area contributed by atoms with Crippen molar-refractivity contribution in [1.29, 1.82) is 0 Å². The second-order valence-electron chi connectivity index (χ2n) is 7.79. The number of aromatic nitrogens is 2. The fraction of sp³-hybridized carbons (Fsp3) is 0.250. The van der Waals surface area contributed by atoms with E-state index in [0.29, 0.717) is 5.16 Å². The highest BCUT2D eigenvalue weighted by atomic mass is 32.2. The maximum atomic E-state index is 13.7. The lowest BCUT2D eigenvalue weighted by atomic mass is 9.97. The summed E-state index contributed by atoms with van der Waals surface area (Å²) in [5.74, 6) is -0.139. The number of aryl methyl sites for hydroxylation is 3. The normalized spacial score (nSPS) is 13.5. The minimum atomic E-state index is -0.246. The molecule has 9 heteroatoms. The van der Waals surface area contributed by atoms with Gasteiger partial charge in [-0.3, -0.25) is 14.2 Å². The third kappa shape index (κ3) is 4.66. The second-order valence-corrected chi connectivity index (χ2v) is 11.1. The first-order chi connectivity index (χ1) is 16.1. The number of hydrogen-bond acceptors (Lipinski definition) is 7. The highest BCUT2D eigenvalue weighted by Gasteiger charge is 2.23. The van der Waals surface area contributed by atoms with Gasteiger partial charge in [0.1, 0.15) is 4.83 Å². The van der Waals surface area contributed by atoms with Crippen LogP contribution in [-0.2, 0) is 17.6 Å². The van der Waals surface area contributed by atoms with E-state index < -0.39 is 0 Å². The van der Waals surface area contributed by atoms with E-state index in [1.165, 1.54) is 21.5 Å². The first kappa shape index (κ1) is 22.1. The summed E-state index contributed by atoms with van der Waals surface area (Å²) in [6, 6.07) is 13.5. The van der Waals surface area contributed by atoms with Crippen LogP contribution in [0.5, 0.6) is 0 Å². The summed E-state index contributed by atoms with van der Waals surface area (Å²) in [7, 11) is 0. The third-order valence-corrected chi connectivity index (χ3v) is 8.51. The Balaban J connectivity index is 1.43. The molecule has 5 rings (SSSR count). The fourth-order valence-corrected chi connectivity index (χ4v) is 6.80. The van der Waals surface area contributed by atoms with Crippen molar-refractivity contribution in [1.82, 2.24) is 15.0 Å². The number of nitrogens with zero attached hydrogens (tertiary/aromatic N) is 3. The van der Waals surface area contributed by atoms with Gasteiger partial charge in [0.25, 0.3) is 11.5 Å². The lowest BCUT2D eigenvalue weighted by Crippen LogP contribution is -2.24. The van der Waals surface area contributed by atoms with E-state index in [-0.39, 0.29) is 17.2 Å². The van der Waals surface area contributed by atoms with Gasteiger partial charge in [0.15, 0.2) is 5.16 Å². The van der Waals surface area contributed by atoms with E-state index in [1.807, 2.05) is 49.4 Å². The van der Waals surface area contributed by atoms with Crippen LogP contribution in [0, 0.1) is 6.92 Å². The van der Waals surface area contributed by atoms with Gasteiger partial charge in [-0.1, -0.05) is 30.0 Å². The molecule has 0 radical (unpaired) electrons. The van der Waals surface area contributed by atoms with Crippen molar-refractivity contribution in [3.63, 3.8) is 0 Å². The highest BCUT2D eigenvalue weighted by Crippen LogP contribution is 2.35. The van der Waals surface area contributed by atoms with Gasteiger partial charge in [-0.25, -0.2) is 10.4 Å². The lowest BCUT2D eigenvalue weighted by Gasteiger charge is -2.13. The summed E-state index contributed by atoms with van der Waals surface area (Å²) in [6.45, 7) is 2.03. The first-order valence-corrected chi connectivity index (χ1v) is 13.4. The van der Waals surface area contributed by atoms with Crippen LogP contribution in [0.2, 0.25) is 0 Å². The second kappa shape index (κ2) is 9.62. The zero-order chi connectivity index (χ0) is 22.8. The molecule has 0 bridgehead atoms. The van der Waals surface area contributed by atoms with Gasteiger partial charge >= 0.3 is 0 Å². The van der Waals surface area contributed by atoms with Crippen LogP contribution in [0.1, 0.15) is 33.0 Å². The molecule has 6 nitrogen and oxygen atoms in total. The Morgan fingerprint density at radius 3 is 2.79 bits per heavy atom. The summed E-state index contributed by atoms with van der Waals surface area (Å²) < 4.78 is 1.64. The number of thiophene rings is 2. The molecule has 1 aromatic carbocycles. The van der Waals surface area contributed by atoms with Crippen molar-refractivity contribution in [2.24, 2.45) is 5.10 Å². The highest BCUT2D eigenvalue weighted by molar-refractivity contribution is 7.99. The van der Waals surface area contributed by atoms with E-state index in [9.17, 15) is 9.59 Å². The maximum Gasteiger partial charge on any atom is 0.267 e. The summed E-state index contributed by atoms with van der Waals surface area (Å²) in [4.78, 5) is 35.1. The zero-order valence-corrected chi connectivity index (χ0v) is 20.5. The Labute approximate surface area is 203 Å². The van der Waals surface area contributed by atoms with Gasteiger partial charge in [0.2, 0.25) is 0 Å². The Morgan fingerprint density at radius 2 is 2.00 bits per heavy atom. The van der Waals surface area contributed by atoms with Crippen LogP contribution >= 0.6 is 34.4 Å². The molecule has 3 heterocycles. The third-order valence-electron chi connectivity index (χ3n) is 5.45. The molecule has 0 spiro atoms. The molecule has 1 aliphatic carbocycles. The molecular weight excluding hydrogens is 472 g/mol. The number of hydrazone groups is 1. The Hall–Kier alpha value is -2.75. The Bertz CT molecular complexity index is 1400. The van der Waals surface area contributed by atoms with Crippen LogP contribution < -0.4 is 11.0 Å². The number of benzene rings is 1. The van der Waals surface area contributed by atoms with Crippen molar-refractivity contribution in [2.45, 2.75) is 37.8 Å². The monoisotopic (exact) mass is 494 g/mol. The summed E-state index contributed by atoms with van der Waals surface area (Å²) in [6.07, 6.45) is 5.83. The number of rotatable bonds is 6. The summed E-state index contributed by atoms with van der Waals surface area (Å²) in [5.41, 5.74) is 4.42. The Kier molecular flexibility index (Phi) is 6.43. The fourth-order valence-electron chi connectivity index (χ4n) is 3.94. The lowest BCUT2D eigenvalue weighted by molar-refractivity contribution is -0.118. The first-order valence-electron chi connectivity index (χ1n) is 10.7. The smallest absolute Gasteiger partial charge is 0.267 e. The van der Waals surface area contributed by atoms with Crippen molar-refractivity contribution in [3.05, 3.63) is 73.0 Å². The van der Waals surface area contributed by atoms with E-state index in [0.717, 1.165) is 52.0 Å². The minimum Gasteiger partial charge on any atom is -0.272 e. The topological polar surface area (TPSA) is 76.3 Å². The van der Waals surface area contributed by atoms with Gasteiger partial charge < -0.3 is 0 Å². The average Bonchev–Trinajstić information content (AvgIpc) is 3.41. The van der Waals surface area contributed by atoms with Crippen LogP contribution in [0.3, 0.4) is 0 Å². The molecule has 0 unspecified atom stereocenters. The molecule has 168 valence electrons. The summed E-state index contributed by atoms with van der Waals surface area (Å²) in [5, 5.41) is 5.30. The maximum absolute atomic E-state index is 13.7. The molecule has 1 aliphatic rings. The SMILES string of the molecule is Cc1ccc(C=NNC(=O)CSc2nc3sc4c(c3c(=O)n2-c2ccccc2)CCCC4)s1. The van der Waals surface area contributed by atoms with E-state index >= 15 is 0 Å².